The van der Waals surface area contributed by atoms with E-state index < -0.39 is 0 Å². The molecule has 0 aromatic carbocycles. The molecule has 2 saturated heterocycles. The second-order valence-corrected chi connectivity index (χ2v) is 7.85. The normalized spacial score (nSPS) is 24.4. The maximum Gasteiger partial charge on any atom is 0.239 e. The fraction of sp³-hybridized carbons (Fsp3) is 0.900. The van der Waals surface area contributed by atoms with Gasteiger partial charge in [-0.3, -0.25) is 19.6 Å². The Morgan fingerprint density at radius 1 is 1.11 bits per heavy atom. The number of amides is 1. The molecule has 0 aromatic heterocycles. The molecule has 0 saturated carbocycles. The van der Waals surface area contributed by atoms with Crippen molar-refractivity contribution in [3.8, 4) is 0 Å². The van der Waals surface area contributed by atoms with Crippen LogP contribution in [0.5, 0.6) is 0 Å². The zero-order chi connectivity index (χ0) is 19.6. The van der Waals surface area contributed by atoms with Gasteiger partial charge < -0.3 is 15.5 Å². The molecule has 156 valence electrons. The maximum absolute atomic E-state index is 12.3. The van der Waals surface area contributed by atoms with Crippen LogP contribution in [0.25, 0.3) is 0 Å². The molecule has 27 heavy (non-hydrogen) atoms. The molecule has 7 nitrogen and oxygen atoms in total. The first-order valence-corrected chi connectivity index (χ1v) is 10.8. The lowest BCUT2D eigenvalue weighted by molar-refractivity contribution is -0.133. The summed E-state index contributed by atoms with van der Waals surface area (Å²) in [6.07, 6.45) is 5.68. The predicted octanol–water partition coefficient (Wildman–Crippen LogP) is 0.969. The molecule has 7 heteroatoms. The van der Waals surface area contributed by atoms with Crippen molar-refractivity contribution in [1.29, 1.82) is 0 Å². The van der Waals surface area contributed by atoms with Gasteiger partial charge in [-0.2, -0.15) is 0 Å². The van der Waals surface area contributed by atoms with Crippen LogP contribution in [0.4, 0.5) is 0 Å². The topological polar surface area (TPSA) is 63.2 Å². The monoisotopic (exact) mass is 380 g/mol. The Morgan fingerprint density at radius 2 is 1.85 bits per heavy atom. The van der Waals surface area contributed by atoms with E-state index in [4.69, 9.17) is 4.99 Å². The fourth-order valence-corrected chi connectivity index (χ4v) is 4.22. The summed E-state index contributed by atoms with van der Waals surface area (Å²) in [7, 11) is 3.70. The molecule has 0 bridgehead atoms. The number of guanidine groups is 1. The van der Waals surface area contributed by atoms with Gasteiger partial charge in [0.05, 0.1) is 12.6 Å². The lowest BCUT2D eigenvalue weighted by atomic mass is 10.2. The zero-order valence-corrected chi connectivity index (χ0v) is 17.8. The molecule has 2 atom stereocenters. The van der Waals surface area contributed by atoms with E-state index in [0.29, 0.717) is 6.04 Å². The molecule has 0 aliphatic carbocycles. The first-order valence-electron chi connectivity index (χ1n) is 10.8. The summed E-state index contributed by atoms with van der Waals surface area (Å²) in [5.74, 6) is 1.16. The van der Waals surface area contributed by atoms with Crippen molar-refractivity contribution in [2.24, 2.45) is 4.99 Å². The van der Waals surface area contributed by atoms with Crippen molar-refractivity contribution in [3.05, 3.63) is 0 Å². The third-order valence-electron chi connectivity index (χ3n) is 5.71. The minimum absolute atomic E-state index is 0.0734. The van der Waals surface area contributed by atoms with Gasteiger partial charge in [-0.25, -0.2) is 0 Å². The molecule has 0 spiro atoms. The lowest BCUT2D eigenvalue weighted by Crippen LogP contribution is -2.44. The number of nitrogens with one attached hydrogen (secondary N) is 2. The van der Waals surface area contributed by atoms with Gasteiger partial charge >= 0.3 is 0 Å². The van der Waals surface area contributed by atoms with Crippen molar-refractivity contribution in [3.63, 3.8) is 0 Å². The van der Waals surface area contributed by atoms with E-state index >= 15 is 0 Å². The summed E-state index contributed by atoms with van der Waals surface area (Å²) in [4.78, 5) is 23.7. The van der Waals surface area contributed by atoms with Gasteiger partial charge in [0.2, 0.25) is 5.91 Å². The van der Waals surface area contributed by atoms with E-state index in [9.17, 15) is 4.79 Å². The van der Waals surface area contributed by atoms with Crippen LogP contribution in [-0.2, 0) is 4.79 Å². The van der Waals surface area contributed by atoms with Crippen LogP contribution in [0.1, 0.15) is 46.0 Å². The third-order valence-corrected chi connectivity index (χ3v) is 5.71. The highest BCUT2D eigenvalue weighted by Crippen LogP contribution is 2.19. The van der Waals surface area contributed by atoms with Gasteiger partial charge in [-0.05, 0) is 58.7 Å². The molecule has 0 radical (unpaired) electrons. The molecular formula is C20H40N6O. The number of hydrogen-bond acceptors (Lipinski definition) is 4. The van der Waals surface area contributed by atoms with Crippen LogP contribution in [0.15, 0.2) is 4.99 Å². The van der Waals surface area contributed by atoms with E-state index in [0.717, 1.165) is 64.5 Å². The number of nitrogens with zero attached hydrogens (tertiary/aromatic N) is 4. The second kappa shape index (κ2) is 11.5. The summed E-state index contributed by atoms with van der Waals surface area (Å²) in [5, 5.41) is 6.82. The Balaban J connectivity index is 1.74. The quantitative estimate of drug-likeness (QED) is 0.355. The van der Waals surface area contributed by atoms with Crippen molar-refractivity contribution in [2.75, 3.05) is 59.9 Å². The number of carbonyl (C=O) groups excluding carboxylic acids is 1. The molecule has 2 N–H and O–H groups in total. The van der Waals surface area contributed by atoms with E-state index in [1.807, 2.05) is 14.1 Å². The highest BCUT2D eigenvalue weighted by Gasteiger charge is 2.31. The lowest BCUT2D eigenvalue weighted by Gasteiger charge is -2.26. The van der Waals surface area contributed by atoms with E-state index in [2.05, 4.69) is 34.3 Å². The van der Waals surface area contributed by atoms with Crippen LogP contribution in [0, 0.1) is 0 Å². The predicted molar refractivity (Wildman–Crippen MR) is 112 cm³/mol. The number of rotatable bonds is 9. The number of likely N-dealkylation sites (N-methyl/N-ethyl adjacent to an activating group) is 2. The van der Waals surface area contributed by atoms with Crippen molar-refractivity contribution >= 4 is 11.9 Å². The Bertz CT molecular complexity index is 481. The Kier molecular flexibility index (Phi) is 9.34. The first kappa shape index (κ1) is 22.0. The molecule has 2 fully saturated rings. The van der Waals surface area contributed by atoms with Gasteiger partial charge in [0.1, 0.15) is 0 Å². The molecule has 2 rings (SSSR count). The SMILES string of the molecule is CCNC(=NCC1CCCN1CC)NCCCN1CCCC1C(=O)N(C)C. The van der Waals surface area contributed by atoms with Gasteiger partial charge in [0.15, 0.2) is 5.96 Å². The van der Waals surface area contributed by atoms with Gasteiger partial charge in [0.25, 0.3) is 0 Å². The van der Waals surface area contributed by atoms with Crippen LogP contribution < -0.4 is 10.6 Å². The molecule has 2 heterocycles. The van der Waals surface area contributed by atoms with Crippen LogP contribution >= 0.6 is 0 Å². The van der Waals surface area contributed by atoms with Gasteiger partial charge in [0, 0.05) is 39.8 Å². The number of carbonyl (C=O) groups is 1. The minimum atomic E-state index is 0.0734. The minimum Gasteiger partial charge on any atom is -0.357 e. The molecule has 2 aliphatic heterocycles. The van der Waals surface area contributed by atoms with Gasteiger partial charge in [-0.1, -0.05) is 6.92 Å². The zero-order valence-electron chi connectivity index (χ0n) is 17.8. The number of likely N-dealkylation sites (tertiary alicyclic amines) is 2. The van der Waals surface area contributed by atoms with Crippen LogP contribution in [0.3, 0.4) is 0 Å². The van der Waals surface area contributed by atoms with Crippen molar-refractivity contribution < 1.29 is 4.79 Å². The highest BCUT2D eigenvalue weighted by atomic mass is 16.2. The highest BCUT2D eigenvalue weighted by molar-refractivity contribution is 5.81. The molecule has 1 amide bonds. The van der Waals surface area contributed by atoms with E-state index in [1.165, 1.54) is 19.4 Å². The Labute approximate surface area is 165 Å². The molecule has 2 unspecified atom stereocenters. The Hall–Kier alpha value is -1.34. The van der Waals surface area contributed by atoms with Crippen LogP contribution in [-0.4, -0.2) is 98.6 Å². The Morgan fingerprint density at radius 3 is 2.56 bits per heavy atom. The van der Waals surface area contributed by atoms with Crippen molar-refractivity contribution in [1.82, 2.24) is 25.3 Å². The third kappa shape index (κ3) is 6.64. The molecular weight excluding hydrogens is 340 g/mol. The van der Waals surface area contributed by atoms with E-state index in [-0.39, 0.29) is 11.9 Å². The summed E-state index contributed by atoms with van der Waals surface area (Å²) in [6, 6.07) is 0.664. The number of hydrogen-bond donors (Lipinski definition) is 2. The largest absolute Gasteiger partial charge is 0.357 e. The number of aliphatic imine (C=N–C) groups is 1. The summed E-state index contributed by atoms with van der Waals surface area (Å²) in [5.41, 5.74) is 0. The molecule has 2 aliphatic rings. The van der Waals surface area contributed by atoms with E-state index in [1.54, 1.807) is 4.90 Å². The standard InChI is InChI=1S/C20H40N6O/c1-5-21-20(23-16-17-10-7-13-25(17)6-2)22-12-9-15-26-14-8-11-18(26)19(27)24(3)4/h17-18H,5-16H2,1-4H3,(H2,21,22,23). The fourth-order valence-electron chi connectivity index (χ4n) is 4.22. The maximum atomic E-state index is 12.3. The summed E-state index contributed by atoms with van der Waals surface area (Å²) < 4.78 is 0. The summed E-state index contributed by atoms with van der Waals surface area (Å²) >= 11 is 0. The van der Waals surface area contributed by atoms with Crippen molar-refractivity contribution in [2.45, 2.75) is 58.0 Å². The molecule has 0 aromatic rings. The van der Waals surface area contributed by atoms with Crippen LogP contribution in [0.2, 0.25) is 0 Å². The average Bonchev–Trinajstić information content (AvgIpc) is 3.31. The summed E-state index contributed by atoms with van der Waals surface area (Å²) in [6.45, 7) is 11.3. The second-order valence-electron chi connectivity index (χ2n) is 7.85. The first-order chi connectivity index (χ1) is 13.1. The smallest absolute Gasteiger partial charge is 0.239 e. The average molecular weight is 381 g/mol. The van der Waals surface area contributed by atoms with Gasteiger partial charge in [-0.15, -0.1) is 0 Å².